The summed E-state index contributed by atoms with van der Waals surface area (Å²) in [5.74, 6) is 0.153. The molecule has 0 heterocycles. The summed E-state index contributed by atoms with van der Waals surface area (Å²) >= 11 is 3.51. The average Bonchev–Trinajstić information content (AvgIpc) is 2.48. The predicted octanol–water partition coefficient (Wildman–Crippen LogP) is 4.43. The Morgan fingerprint density at radius 3 is 2.29 bits per heavy atom. The quantitative estimate of drug-likeness (QED) is 0.784. The van der Waals surface area contributed by atoms with Crippen LogP contribution in [0.3, 0.4) is 0 Å². The van der Waals surface area contributed by atoms with Crippen LogP contribution >= 0.6 is 15.9 Å². The molecule has 0 bridgehead atoms. The molecule has 0 spiro atoms. The highest BCUT2D eigenvalue weighted by Gasteiger charge is 2.18. The summed E-state index contributed by atoms with van der Waals surface area (Å²) in [6.45, 7) is 4.77. The molecule has 0 N–H and O–H groups in total. The second-order valence-electron chi connectivity index (χ2n) is 5.37. The molecule has 0 radical (unpaired) electrons. The van der Waals surface area contributed by atoms with Crippen molar-refractivity contribution in [1.82, 2.24) is 4.90 Å². The van der Waals surface area contributed by atoms with Crippen LogP contribution in [0.25, 0.3) is 0 Å². The number of carbonyl (C=O) groups is 1. The van der Waals surface area contributed by atoms with Gasteiger partial charge in [0.05, 0.1) is 6.42 Å². The normalized spacial score (nSPS) is 10.7. The first kappa shape index (κ1) is 15.8. The lowest BCUT2D eigenvalue weighted by Crippen LogP contribution is -2.37. The molecule has 0 unspecified atom stereocenters. The Bertz CT molecular complexity index is 595. The zero-order valence-corrected chi connectivity index (χ0v) is 14.0. The van der Waals surface area contributed by atoms with Crippen molar-refractivity contribution in [3.05, 3.63) is 70.2 Å². The van der Waals surface area contributed by atoms with Gasteiger partial charge in [0, 0.05) is 17.1 Å². The van der Waals surface area contributed by atoms with Crippen molar-refractivity contribution in [2.45, 2.75) is 32.9 Å². The van der Waals surface area contributed by atoms with Gasteiger partial charge in [-0.15, -0.1) is 0 Å². The zero-order chi connectivity index (χ0) is 15.2. The Morgan fingerprint density at radius 1 is 1.05 bits per heavy atom. The van der Waals surface area contributed by atoms with Crippen LogP contribution in [-0.4, -0.2) is 16.8 Å². The van der Waals surface area contributed by atoms with E-state index in [0.717, 1.165) is 15.6 Å². The third-order valence-corrected chi connectivity index (χ3v) is 4.21. The summed E-state index contributed by atoms with van der Waals surface area (Å²) < 4.78 is 0.988. The first-order valence-electron chi connectivity index (χ1n) is 7.14. The van der Waals surface area contributed by atoms with E-state index in [9.17, 15) is 4.79 Å². The van der Waals surface area contributed by atoms with Gasteiger partial charge in [-0.05, 0) is 31.0 Å². The van der Waals surface area contributed by atoms with Gasteiger partial charge in [-0.2, -0.15) is 0 Å². The van der Waals surface area contributed by atoms with Gasteiger partial charge in [0.25, 0.3) is 0 Å². The van der Waals surface area contributed by atoms with Crippen LogP contribution in [0.2, 0.25) is 0 Å². The Kier molecular flexibility index (Phi) is 5.57. The minimum atomic E-state index is 0.153. The summed E-state index contributed by atoms with van der Waals surface area (Å²) in [4.78, 5) is 14.5. The summed E-state index contributed by atoms with van der Waals surface area (Å²) in [5, 5.41) is 0. The molecule has 0 atom stereocenters. The summed E-state index contributed by atoms with van der Waals surface area (Å²) in [6, 6.07) is 18.2. The summed E-state index contributed by atoms with van der Waals surface area (Å²) in [6.07, 6.45) is 0.423. The van der Waals surface area contributed by atoms with Crippen molar-refractivity contribution in [3.8, 4) is 0 Å². The van der Waals surface area contributed by atoms with Crippen molar-refractivity contribution in [1.29, 1.82) is 0 Å². The largest absolute Gasteiger partial charge is 0.336 e. The van der Waals surface area contributed by atoms with Gasteiger partial charge in [0.2, 0.25) is 5.91 Å². The van der Waals surface area contributed by atoms with Crippen LogP contribution < -0.4 is 0 Å². The highest BCUT2D eigenvalue weighted by atomic mass is 79.9. The van der Waals surface area contributed by atoms with Crippen LogP contribution in [0.1, 0.15) is 25.0 Å². The maximum Gasteiger partial charge on any atom is 0.227 e. The van der Waals surface area contributed by atoms with Gasteiger partial charge in [-0.25, -0.2) is 0 Å². The Balaban J connectivity index is 2.11. The molecular weight excluding hydrogens is 326 g/mol. The lowest BCUT2D eigenvalue weighted by Gasteiger charge is -2.27. The van der Waals surface area contributed by atoms with Crippen molar-refractivity contribution in [3.63, 3.8) is 0 Å². The number of halogens is 1. The Hall–Kier alpha value is -1.61. The molecule has 110 valence electrons. The Labute approximate surface area is 134 Å². The van der Waals surface area contributed by atoms with Gasteiger partial charge in [0.15, 0.2) is 0 Å². The molecule has 0 aliphatic carbocycles. The fourth-order valence-electron chi connectivity index (χ4n) is 2.25. The number of hydrogen-bond acceptors (Lipinski definition) is 1. The fourth-order valence-corrected chi connectivity index (χ4v) is 2.67. The van der Waals surface area contributed by atoms with Crippen molar-refractivity contribution in [2.24, 2.45) is 0 Å². The van der Waals surface area contributed by atoms with Crippen LogP contribution in [0.5, 0.6) is 0 Å². The van der Waals surface area contributed by atoms with E-state index in [1.165, 1.54) is 0 Å². The SMILES string of the molecule is CC(C)N(Cc1ccccc1)C(=O)Cc1ccccc1Br. The van der Waals surface area contributed by atoms with Crippen LogP contribution in [0.4, 0.5) is 0 Å². The monoisotopic (exact) mass is 345 g/mol. The minimum absolute atomic E-state index is 0.153. The molecular formula is C18H20BrNO. The number of hydrogen-bond donors (Lipinski definition) is 0. The molecule has 2 aromatic rings. The van der Waals surface area contributed by atoms with Crippen LogP contribution in [-0.2, 0) is 17.8 Å². The van der Waals surface area contributed by atoms with E-state index in [1.807, 2.05) is 47.4 Å². The van der Waals surface area contributed by atoms with E-state index in [4.69, 9.17) is 0 Å². The molecule has 0 aliphatic rings. The predicted molar refractivity (Wildman–Crippen MR) is 90.0 cm³/mol. The van der Waals surface area contributed by atoms with E-state index in [1.54, 1.807) is 0 Å². The molecule has 1 amide bonds. The van der Waals surface area contributed by atoms with Gasteiger partial charge < -0.3 is 4.90 Å². The van der Waals surface area contributed by atoms with Gasteiger partial charge in [-0.3, -0.25) is 4.79 Å². The molecule has 0 saturated carbocycles. The minimum Gasteiger partial charge on any atom is -0.336 e. The summed E-state index contributed by atoms with van der Waals surface area (Å²) in [7, 11) is 0. The number of rotatable bonds is 5. The van der Waals surface area contributed by atoms with E-state index in [0.29, 0.717) is 13.0 Å². The van der Waals surface area contributed by atoms with Crippen molar-refractivity contribution < 1.29 is 4.79 Å². The van der Waals surface area contributed by atoms with E-state index in [2.05, 4.69) is 41.9 Å². The molecule has 0 aliphatic heterocycles. The van der Waals surface area contributed by atoms with Gasteiger partial charge in [-0.1, -0.05) is 64.5 Å². The second-order valence-corrected chi connectivity index (χ2v) is 6.22. The van der Waals surface area contributed by atoms with E-state index in [-0.39, 0.29) is 11.9 Å². The third kappa shape index (κ3) is 4.43. The lowest BCUT2D eigenvalue weighted by atomic mass is 10.1. The Morgan fingerprint density at radius 2 is 1.67 bits per heavy atom. The third-order valence-electron chi connectivity index (χ3n) is 3.44. The lowest BCUT2D eigenvalue weighted by molar-refractivity contribution is -0.132. The molecule has 2 rings (SSSR count). The fraction of sp³-hybridized carbons (Fsp3) is 0.278. The van der Waals surface area contributed by atoms with E-state index < -0.39 is 0 Å². The topological polar surface area (TPSA) is 20.3 Å². The highest BCUT2D eigenvalue weighted by Crippen LogP contribution is 2.18. The van der Waals surface area contributed by atoms with Crippen molar-refractivity contribution in [2.75, 3.05) is 0 Å². The first-order valence-corrected chi connectivity index (χ1v) is 7.94. The molecule has 3 heteroatoms. The smallest absolute Gasteiger partial charge is 0.227 e. The number of amides is 1. The van der Waals surface area contributed by atoms with E-state index >= 15 is 0 Å². The van der Waals surface area contributed by atoms with Crippen LogP contribution in [0.15, 0.2) is 59.1 Å². The van der Waals surface area contributed by atoms with Gasteiger partial charge >= 0.3 is 0 Å². The molecule has 2 aromatic carbocycles. The van der Waals surface area contributed by atoms with Crippen LogP contribution in [0, 0.1) is 0 Å². The number of carbonyl (C=O) groups excluding carboxylic acids is 1. The van der Waals surface area contributed by atoms with Crippen molar-refractivity contribution >= 4 is 21.8 Å². The molecule has 0 saturated heterocycles. The molecule has 0 fully saturated rings. The molecule has 21 heavy (non-hydrogen) atoms. The molecule has 2 nitrogen and oxygen atoms in total. The maximum absolute atomic E-state index is 12.6. The highest BCUT2D eigenvalue weighted by molar-refractivity contribution is 9.10. The second kappa shape index (κ2) is 7.41. The average molecular weight is 346 g/mol. The number of nitrogens with zero attached hydrogens (tertiary/aromatic N) is 1. The first-order chi connectivity index (χ1) is 10.1. The zero-order valence-electron chi connectivity index (χ0n) is 12.4. The number of benzene rings is 2. The molecule has 0 aromatic heterocycles. The van der Waals surface area contributed by atoms with Gasteiger partial charge in [0.1, 0.15) is 0 Å². The maximum atomic E-state index is 12.6. The standard InChI is InChI=1S/C18H20BrNO/c1-14(2)20(13-15-8-4-3-5-9-15)18(21)12-16-10-6-7-11-17(16)19/h3-11,14H,12-13H2,1-2H3. The summed E-state index contributed by atoms with van der Waals surface area (Å²) in [5.41, 5.74) is 2.19.